The summed E-state index contributed by atoms with van der Waals surface area (Å²) >= 11 is 1.67. The summed E-state index contributed by atoms with van der Waals surface area (Å²) in [4.78, 5) is 19.3. The highest BCUT2D eigenvalue weighted by Crippen LogP contribution is 2.36. The summed E-state index contributed by atoms with van der Waals surface area (Å²) in [5.74, 6) is 0.349. The number of benzene rings is 2. The van der Waals surface area contributed by atoms with E-state index in [9.17, 15) is 9.18 Å². The molecule has 0 N–H and O–H groups in total. The molecule has 1 saturated heterocycles. The molecule has 1 amide bonds. The number of fused-ring (bicyclic) bond motifs is 1. The smallest absolute Gasteiger partial charge is 0.226 e. The highest BCUT2D eigenvalue weighted by Gasteiger charge is 2.31. The van der Waals surface area contributed by atoms with Crippen molar-refractivity contribution in [1.29, 1.82) is 0 Å². The van der Waals surface area contributed by atoms with Crippen molar-refractivity contribution in [2.24, 2.45) is 0 Å². The van der Waals surface area contributed by atoms with Crippen LogP contribution in [0.3, 0.4) is 0 Å². The molecule has 2 aromatic carbocycles. The number of hydrogen-bond acceptors (Lipinski definition) is 4. The van der Waals surface area contributed by atoms with E-state index >= 15 is 0 Å². The van der Waals surface area contributed by atoms with Crippen LogP contribution in [0.15, 0.2) is 48.5 Å². The highest BCUT2D eigenvalue weighted by molar-refractivity contribution is 7.18. The number of aromatic nitrogens is 1. The Bertz CT molecular complexity index is 877. The molecule has 1 aliphatic heterocycles. The van der Waals surface area contributed by atoms with Crippen molar-refractivity contribution in [3.63, 3.8) is 0 Å². The predicted octanol–water partition coefficient (Wildman–Crippen LogP) is 4.57. The van der Waals surface area contributed by atoms with Crippen molar-refractivity contribution < 1.29 is 13.9 Å². The van der Waals surface area contributed by atoms with Gasteiger partial charge in [-0.05, 0) is 49.2 Å². The van der Waals surface area contributed by atoms with Gasteiger partial charge in [-0.15, -0.1) is 11.3 Å². The Balaban J connectivity index is 1.39. The minimum absolute atomic E-state index is 0.0609. The molecule has 26 heavy (non-hydrogen) atoms. The van der Waals surface area contributed by atoms with Crippen LogP contribution in [0, 0.1) is 5.82 Å². The van der Waals surface area contributed by atoms with Gasteiger partial charge in [-0.1, -0.05) is 12.1 Å². The monoisotopic (exact) mass is 370 g/mol. The molecule has 0 radical (unpaired) electrons. The van der Waals surface area contributed by atoms with Crippen LogP contribution < -0.4 is 4.74 Å². The molecule has 0 bridgehead atoms. The third-order valence-electron chi connectivity index (χ3n) is 4.57. The lowest BCUT2D eigenvalue weighted by atomic mass is 10.2. The van der Waals surface area contributed by atoms with E-state index in [0.717, 1.165) is 34.6 Å². The SMILES string of the molecule is O=C(CCOc1ccc(F)cc1)N1CCCC1c1nc2ccccc2s1. The molecule has 1 aromatic heterocycles. The van der Waals surface area contributed by atoms with Gasteiger partial charge in [-0.25, -0.2) is 9.37 Å². The first-order valence-electron chi connectivity index (χ1n) is 8.74. The normalized spacial score (nSPS) is 17.0. The van der Waals surface area contributed by atoms with Gasteiger partial charge in [-0.3, -0.25) is 4.79 Å². The van der Waals surface area contributed by atoms with Crippen molar-refractivity contribution in [2.45, 2.75) is 25.3 Å². The summed E-state index contributed by atoms with van der Waals surface area (Å²) in [6.45, 7) is 1.05. The maximum absolute atomic E-state index is 12.9. The summed E-state index contributed by atoms with van der Waals surface area (Å²) in [7, 11) is 0. The van der Waals surface area contributed by atoms with E-state index in [0.29, 0.717) is 12.2 Å². The van der Waals surface area contributed by atoms with Crippen LogP contribution in [0.5, 0.6) is 5.75 Å². The molecule has 6 heteroatoms. The number of halogens is 1. The van der Waals surface area contributed by atoms with E-state index in [4.69, 9.17) is 9.72 Å². The Morgan fingerprint density at radius 2 is 2.04 bits per heavy atom. The summed E-state index contributed by atoms with van der Waals surface area (Å²) in [6, 6.07) is 14.0. The number of para-hydroxylation sites is 1. The zero-order chi connectivity index (χ0) is 17.9. The topological polar surface area (TPSA) is 42.4 Å². The van der Waals surface area contributed by atoms with Gasteiger partial charge in [0.25, 0.3) is 0 Å². The number of amides is 1. The lowest BCUT2D eigenvalue weighted by molar-refractivity contribution is -0.132. The fourth-order valence-corrected chi connectivity index (χ4v) is 4.40. The number of ether oxygens (including phenoxy) is 1. The standard InChI is InChI=1S/C20H19FN2O2S/c21-14-7-9-15(10-8-14)25-13-11-19(24)23-12-3-5-17(23)20-22-16-4-1-2-6-18(16)26-20/h1-2,4,6-10,17H,3,5,11-13H2. The number of nitrogens with zero attached hydrogens (tertiary/aromatic N) is 2. The summed E-state index contributed by atoms with van der Waals surface area (Å²) in [5.41, 5.74) is 0.992. The third-order valence-corrected chi connectivity index (χ3v) is 5.70. The Hall–Kier alpha value is -2.47. The zero-order valence-corrected chi connectivity index (χ0v) is 15.0. The molecule has 1 fully saturated rings. The first-order valence-corrected chi connectivity index (χ1v) is 9.56. The van der Waals surface area contributed by atoms with E-state index in [2.05, 4.69) is 6.07 Å². The van der Waals surface area contributed by atoms with E-state index in [1.165, 1.54) is 12.1 Å². The molecule has 1 aliphatic rings. The lowest BCUT2D eigenvalue weighted by Crippen LogP contribution is -2.31. The van der Waals surface area contributed by atoms with Gasteiger partial charge in [-0.2, -0.15) is 0 Å². The number of carbonyl (C=O) groups is 1. The van der Waals surface area contributed by atoms with Crippen LogP contribution in [0.25, 0.3) is 10.2 Å². The molecule has 4 nitrogen and oxygen atoms in total. The summed E-state index contributed by atoms with van der Waals surface area (Å²) in [5, 5.41) is 1.01. The Kier molecular flexibility index (Phi) is 4.84. The van der Waals surface area contributed by atoms with Crippen LogP contribution in [-0.4, -0.2) is 28.9 Å². The van der Waals surface area contributed by atoms with Crippen molar-refractivity contribution in [2.75, 3.05) is 13.2 Å². The number of rotatable bonds is 5. The fraction of sp³-hybridized carbons (Fsp3) is 0.300. The fourth-order valence-electron chi connectivity index (χ4n) is 3.29. The molecular weight excluding hydrogens is 351 g/mol. The third kappa shape index (κ3) is 3.55. The van der Waals surface area contributed by atoms with Crippen LogP contribution in [-0.2, 0) is 4.79 Å². The van der Waals surface area contributed by atoms with Gasteiger partial charge in [0.2, 0.25) is 5.91 Å². The Morgan fingerprint density at radius 3 is 2.85 bits per heavy atom. The number of carbonyl (C=O) groups excluding carboxylic acids is 1. The van der Waals surface area contributed by atoms with Gasteiger partial charge in [0.1, 0.15) is 16.6 Å². The number of likely N-dealkylation sites (tertiary alicyclic amines) is 1. The quantitative estimate of drug-likeness (QED) is 0.661. The van der Waals surface area contributed by atoms with Crippen LogP contribution >= 0.6 is 11.3 Å². The van der Waals surface area contributed by atoms with Crippen LogP contribution in [0.4, 0.5) is 4.39 Å². The number of thiazole rings is 1. The largest absolute Gasteiger partial charge is 0.493 e. The molecule has 134 valence electrons. The second-order valence-electron chi connectivity index (χ2n) is 6.32. The minimum atomic E-state index is -0.302. The van der Waals surface area contributed by atoms with Crippen molar-refractivity contribution >= 4 is 27.5 Å². The molecular formula is C20H19FN2O2S. The van der Waals surface area contributed by atoms with E-state index in [-0.39, 0.29) is 24.4 Å². The molecule has 3 aromatic rings. The molecule has 0 spiro atoms. The van der Waals surface area contributed by atoms with Gasteiger partial charge >= 0.3 is 0 Å². The molecule has 0 aliphatic carbocycles. The Morgan fingerprint density at radius 1 is 1.23 bits per heavy atom. The molecule has 2 heterocycles. The average Bonchev–Trinajstić information content (AvgIpc) is 3.29. The summed E-state index contributed by atoms with van der Waals surface area (Å²) < 4.78 is 19.6. The highest BCUT2D eigenvalue weighted by atomic mass is 32.1. The molecule has 0 saturated carbocycles. The number of hydrogen-bond donors (Lipinski definition) is 0. The maximum Gasteiger partial charge on any atom is 0.226 e. The van der Waals surface area contributed by atoms with Gasteiger partial charge in [0.15, 0.2) is 0 Å². The van der Waals surface area contributed by atoms with Crippen molar-refractivity contribution in [3.05, 3.63) is 59.4 Å². The van der Waals surface area contributed by atoms with Crippen molar-refractivity contribution in [1.82, 2.24) is 9.88 Å². The Labute approximate surface area is 155 Å². The van der Waals surface area contributed by atoms with Crippen LogP contribution in [0.2, 0.25) is 0 Å². The molecule has 4 rings (SSSR count). The maximum atomic E-state index is 12.9. The minimum Gasteiger partial charge on any atom is -0.493 e. The zero-order valence-electron chi connectivity index (χ0n) is 14.2. The second-order valence-corrected chi connectivity index (χ2v) is 7.38. The van der Waals surface area contributed by atoms with Crippen LogP contribution in [0.1, 0.15) is 30.3 Å². The first kappa shape index (κ1) is 17.0. The lowest BCUT2D eigenvalue weighted by Gasteiger charge is -2.23. The molecule has 1 unspecified atom stereocenters. The molecule has 1 atom stereocenters. The summed E-state index contributed by atoms with van der Waals surface area (Å²) in [6.07, 6.45) is 2.24. The van der Waals surface area contributed by atoms with Crippen molar-refractivity contribution in [3.8, 4) is 5.75 Å². The predicted molar refractivity (Wildman–Crippen MR) is 99.8 cm³/mol. The first-order chi connectivity index (χ1) is 12.7. The second kappa shape index (κ2) is 7.41. The van der Waals surface area contributed by atoms with E-state index < -0.39 is 0 Å². The van der Waals surface area contributed by atoms with E-state index in [1.807, 2.05) is 23.1 Å². The van der Waals surface area contributed by atoms with Gasteiger partial charge < -0.3 is 9.64 Å². The van der Waals surface area contributed by atoms with Gasteiger partial charge in [0, 0.05) is 6.54 Å². The van der Waals surface area contributed by atoms with Gasteiger partial charge in [0.05, 0.1) is 29.3 Å². The van der Waals surface area contributed by atoms with E-state index in [1.54, 1.807) is 23.5 Å². The average molecular weight is 370 g/mol.